The van der Waals surface area contributed by atoms with Crippen LogP contribution in [0.4, 0.5) is 0 Å². The highest BCUT2D eigenvalue weighted by Crippen LogP contribution is 2.38. The van der Waals surface area contributed by atoms with E-state index in [2.05, 4.69) is 44.5 Å². The third kappa shape index (κ3) is 2.06. The van der Waals surface area contributed by atoms with E-state index in [1.807, 2.05) is 0 Å². The highest BCUT2D eigenvalue weighted by atomic mass is 28.4. The molecule has 0 aromatic carbocycles. The zero-order chi connectivity index (χ0) is 11.3. The van der Waals surface area contributed by atoms with Gasteiger partial charge < -0.3 is 14.1 Å². The lowest BCUT2D eigenvalue weighted by Crippen LogP contribution is -2.43. The van der Waals surface area contributed by atoms with Crippen LogP contribution in [0.25, 0.3) is 0 Å². The van der Waals surface area contributed by atoms with Crippen molar-refractivity contribution in [2.45, 2.75) is 51.7 Å². The Morgan fingerprint density at radius 2 is 2.13 bits per heavy atom. The Hall–Kier alpha value is -0.483. The van der Waals surface area contributed by atoms with Crippen LogP contribution >= 0.6 is 0 Å². The highest BCUT2D eigenvalue weighted by molar-refractivity contribution is 6.70. The zero-order valence-electron chi connectivity index (χ0n) is 10.3. The third-order valence-corrected chi connectivity index (χ3v) is 3.61. The molecule has 0 spiro atoms. The topological polar surface area (TPSA) is 21.7 Å². The van der Waals surface area contributed by atoms with Gasteiger partial charge in [0, 0.05) is 0 Å². The summed E-state index contributed by atoms with van der Waals surface area (Å²) < 4.78 is 11.9. The van der Waals surface area contributed by atoms with Crippen LogP contribution in [0.1, 0.15) is 20.3 Å². The summed E-state index contributed by atoms with van der Waals surface area (Å²) in [5, 5.41) is 0. The Kier molecular flexibility index (Phi) is 2.39. The number of hydrogen-bond donors (Lipinski definition) is 0. The minimum Gasteiger partial charge on any atom is -0.533 e. The largest absolute Gasteiger partial charge is 0.533 e. The second-order valence-corrected chi connectivity index (χ2v) is 10.2. The first-order valence-electron chi connectivity index (χ1n) is 5.62. The number of hydrogen-bond acceptors (Lipinski definition) is 3. The molecule has 2 rings (SSSR count). The lowest BCUT2D eigenvalue weighted by atomic mass is 10.2. The van der Waals surface area contributed by atoms with E-state index in [0.29, 0.717) is 6.04 Å². The maximum atomic E-state index is 6.09. The van der Waals surface area contributed by atoms with E-state index >= 15 is 0 Å². The lowest BCUT2D eigenvalue weighted by Gasteiger charge is -2.35. The normalized spacial score (nSPS) is 29.0. The van der Waals surface area contributed by atoms with E-state index in [-0.39, 0.29) is 5.72 Å². The molecule has 1 atom stereocenters. The number of fused-ring (bicyclic) bond motifs is 1. The van der Waals surface area contributed by atoms with E-state index in [9.17, 15) is 0 Å². The van der Waals surface area contributed by atoms with Crippen LogP contribution in [-0.4, -0.2) is 31.6 Å². The zero-order valence-corrected chi connectivity index (χ0v) is 11.3. The Bertz CT molecular complexity index is 293. The molecule has 0 N–H and O–H groups in total. The van der Waals surface area contributed by atoms with Gasteiger partial charge in [0.2, 0.25) is 8.32 Å². The van der Waals surface area contributed by atoms with Gasteiger partial charge in [0.25, 0.3) is 0 Å². The molecule has 0 bridgehead atoms. The quantitative estimate of drug-likeness (QED) is 0.677. The first-order chi connectivity index (χ1) is 6.80. The van der Waals surface area contributed by atoms with E-state index in [1.54, 1.807) is 0 Å². The van der Waals surface area contributed by atoms with Crippen LogP contribution in [0.3, 0.4) is 0 Å². The summed E-state index contributed by atoms with van der Waals surface area (Å²) in [6, 6.07) is 0.492. The van der Waals surface area contributed by atoms with Crippen LogP contribution in [0.5, 0.6) is 0 Å². The van der Waals surface area contributed by atoms with Crippen molar-refractivity contribution in [3.8, 4) is 0 Å². The lowest BCUT2D eigenvalue weighted by molar-refractivity contribution is -0.0505. The summed E-state index contributed by atoms with van der Waals surface area (Å²) in [5.74, 6) is 1.04. The predicted octanol–water partition coefficient (Wildman–Crippen LogP) is 2.52. The summed E-state index contributed by atoms with van der Waals surface area (Å²) in [6.45, 7) is 11.7. The maximum Gasteiger partial charge on any atom is 0.244 e. The van der Waals surface area contributed by atoms with Crippen molar-refractivity contribution in [1.29, 1.82) is 0 Å². The molecule has 0 aromatic rings. The summed E-state index contributed by atoms with van der Waals surface area (Å²) in [7, 11) is -1.51. The van der Waals surface area contributed by atoms with Gasteiger partial charge in [-0.05, 0) is 46.0 Å². The molecule has 15 heavy (non-hydrogen) atoms. The first kappa shape index (κ1) is 11.0. The fourth-order valence-electron chi connectivity index (χ4n) is 2.24. The molecular weight excluding hydrogens is 206 g/mol. The van der Waals surface area contributed by atoms with Gasteiger partial charge in [-0.15, -0.1) is 0 Å². The average Bonchev–Trinajstić information content (AvgIpc) is 2.53. The van der Waals surface area contributed by atoms with Gasteiger partial charge in [0.1, 0.15) is 5.72 Å². The molecule has 0 amide bonds. The van der Waals surface area contributed by atoms with Crippen LogP contribution in [-0.2, 0) is 9.16 Å². The van der Waals surface area contributed by atoms with E-state index < -0.39 is 8.32 Å². The Balaban J connectivity index is 2.14. The SMILES string of the molecule is CC1(C)OCC2CC=C(O[Si](C)(C)C)N21. The van der Waals surface area contributed by atoms with Gasteiger partial charge in [0.15, 0.2) is 5.88 Å². The molecule has 86 valence electrons. The van der Waals surface area contributed by atoms with E-state index in [4.69, 9.17) is 9.16 Å². The Morgan fingerprint density at radius 1 is 1.47 bits per heavy atom. The second-order valence-electron chi connectivity index (χ2n) is 5.77. The van der Waals surface area contributed by atoms with Gasteiger partial charge in [-0.1, -0.05) is 0 Å². The van der Waals surface area contributed by atoms with Gasteiger partial charge in [-0.25, -0.2) is 0 Å². The summed E-state index contributed by atoms with van der Waals surface area (Å²) in [6.07, 6.45) is 3.27. The maximum absolute atomic E-state index is 6.09. The van der Waals surface area contributed by atoms with Crippen molar-refractivity contribution < 1.29 is 9.16 Å². The van der Waals surface area contributed by atoms with Crippen LogP contribution in [0, 0.1) is 0 Å². The van der Waals surface area contributed by atoms with Crippen molar-refractivity contribution in [3.63, 3.8) is 0 Å². The fraction of sp³-hybridized carbons (Fsp3) is 0.818. The van der Waals surface area contributed by atoms with Crippen molar-refractivity contribution in [1.82, 2.24) is 4.90 Å². The smallest absolute Gasteiger partial charge is 0.244 e. The standard InChI is InChI=1S/C11H21NO2Si/c1-11(2)12-9(8-13-11)6-7-10(12)14-15(3,4)5/h7,9H,6,8H2,1-5H3. The van der Waals surface area contributed by atoms with Crippen LogP contribution < -0.4 is 0 Å². The molecule has 3 nitrogen and oxygen atoms in total. The molecule has 2 aliphatic heterocycles. The fourth-order valence-corrected chi connectivity index (χ4v) is 3.05. The highest BCUT2D eigenvalue weighted by Gasteiger charge is 2.45. The molecular formula is C11H21NO2Si. The average molecular weight is 227 g/mol. The molecule has 1 unspecified atom stereocenters. The summed E-state index contributed by atoms with van der Waals surface area (Å²) in [4.78, 5) is 2.30. The van der Waals surface area contributed by atoms with Gasteiger partial charge in [-0.2, -0.15) is 0 Å². The predicted molar refractivity (Wildman–Crippen MR) is 62.8 cm³/mol. The van der Waals surface area contributed by atoms with E-state index in [0.717, 1.165) is 18.9 Å². The van der Waals surface area contributed by atoms with Crippen molar-refractivity contribution in [2.24, 2.45) is 0 Å². The van der Waals surface area contributed by atoms with Crippen molar-refractivity contribution in [2.75, 3.05) is 6.61 Å². The summed E-state index contributed by atoms with van der Waals surface area (Å²) in [5.41, 5.74) is -0.202. The second kappa shape index (κ2) is 3.25. The van der Waals surface area contributed by atoms with Crippen LogP contribution in [0.2, 0.25) is 19.6 Å². The molecule has 0 aliphatic carbocycles. The van der Waals surface area contributed by atoms with Gasteiger partial charge in [-0.3, -0.25) is 0 Å². The van der Waals surface area contributed by atoms with E-state index in [1.165, 1.54) is 0 Å². The van der Waals surface area contributed by atoms with Gasteiger partial charge in [0.05, 0.1) is 12.6 Å². The molecule has 2 aliphatic rings. The number of rotatable bonds is 2. The molecule has 0 radical (unpaired) electrons. The molecule has 1 saturated heterocycles. The molecule has 1 fully saturated rings. The molecule has 0 aromatic heterocycles. The molecule has 4 heteroatoms. The number of ether oxygens (including phenoxy) is 1. The third-order valence-electron chi connectivity index (χ3n) is 2.79. The van der Waals surface area contributed by atoms with Crippen molar-refractivity contribution in [3.05, 3.63) is 12.0 Å². The Morgan fingerprint density at radius 3 is 2.73 bits per heavy atom. The summed E-state index contributed by atoms with van der Waals surface area (Å²) >= 11 is 0. The van der Waals surface area contributed by atoms with Crippen molar-refractivity contribution >= 4 is 8.32 Å². The monoisotopic (exact) mass is 227 g/mol. The first-order valence-corrected chi connectivity index (χ1v) is 9.03. The molecule has 0 saturated carbocycles. The Labute approximate surface area is 93.2 Å². The minimum absolute atomic E-state index is 0.202. The van der Waals surface area contributed by atoms with Gasteiger partial charge >= 0.3 is 0 Å². The minimum atomic E-state index is -1.51. The number of nitrogens with zero attached hydrogens (tertiary/aromatic N) is 1. The molecule has 2 heterocycles. The van der Waals surface area contributed by atoms with Crippen LogP contribution in [0.15, 0.2) is 12.0 Å².